The van der Waals surface area contributed by atoms with Crippen LogP contribution in [0.15, 0.2) is 109 Å². The molecule has 0 rings (SSSR count). The van der Waals surface area contributed by atoms with Crippen molar-refractivity contribution >= 4 is 25.7 Å². The van der Waals surface area contributed by atoms with E-state index < -0.39 is 57.8 Å². The lowest BCUT2D eigenvalue weighted by Gasteiger charge is -2.21. The Bertz CT molecular complexity index is 1620. The number of carbonyl (C=O) groups is 3. The molecule has 0 spiro atoms. The number of aliphatic hydroxyl groups excluding tert-OH is 1. The third-order valence-corrected chi connectivity index (χ3v) is 12.2. The van der Waals surface area contributed by atoms with E-state index >= 15 is 0 Å². The number of esters is 3. The van der Waals surface area contributed by atoms with Gasteiger partial charge < -0.3 is 24.2 Å². The Labute approximate surface area is 437 Å². The molecular weight excluding hydrogens is 928 g/mol. The lowest BCUT2D eigenvalue weighted by molar-refractivity contribution is -0.161. The van der Waals surface area contributed by atoms with Crippen molar-refractivity contribution in [1.82, 2.24) is 0 Å². The molecule has 2 N–H and O–H groups in total. The highest BCUT2D eigenvalue weighted by atomic mass is 31.2. The molecule has 12 heteroatoms. The van der Waals surface area contributed by atoms with Crippen molar-refractivity contribution in [3.63, 3.8) is 0 Å². The van der Waals surface area contributed by atoms with Crippen LogP contribution in [0, 0.1) is 0 Å². The normalized spacial score (nSPS) is 14.2. The Kier molecular flexibility index (Phi) is 50.6. The van der Waals surface area contributed by atoms with E-state index in [2.05, 4.69) is 112 Å². The Balaban J connectivity index is 4.86. The number of phosphoric ester groups is 1. The number of carbonyl (C=O) groups excluding carboxylic acids is 3. The minimum absolute atomic E-state index is 0.0490. The lowest BCUT2D eigenvalue weighted by Crippen LogP contribution is -2.30. The van der Waals surface area contributed by atoms with E-state index in [1.165, 1.54) is 57.8 Å². The molecule has 0 heterocycles. The third-order valence-electron chi connectivity index (χ3n) is 11.2. The maximum Gasteiger partial charge on any atom is 0.472 e. The molecule has 72 heavy (non-hydrogen) atoms. The molecule has 0 radical (unpaired) electrons. The maximum absolute atomic E-state index is 12.9. The molecule has 11 nitrogen and oxygen atoms in total. The Morgan fingerprint density at radius 3 is 1.19 bits per heavy atom. The summed E-state index contributed by atoms with van der Waals surface area (Å²) in [5.74, 6) is -1.60. The molecule has 0 aliphatic carbocycles. The zero-order valence-electron chi connectivity index (χ0n) is 45.1. The Hall–Kier alpha value is -3.86. The number of ether oxygens (including phenoxy) is 3. The Morgan fingerprint density at radius 1 is 0.403 bits per heavy atom. The second kappa shape index (κ2) is 53.4. The number of hydrogen-bond donors (Lipinski definition) is 2. The lowest BCUT2D eigenvalue weighted by atomic mass is 10.0. The van der Waals surface area contributed by atoms with Crippen molar-refractivity contribution in [3.8, 4) is 0 Å². The molecule has 0 fully saturated rings. The van der Waals surface area contributed by atoms with Crippen LogP contribution in [0.5, 0.6) is 0 Å². The maximum atomic E-state index is 12.9. The molecule has 0 bridgehead atoms. The van der Waals surface area contributed by atoms with Gasteiger partial charge in [-0.25, -0.2) is 4.57 Å². The van der Waals surface area contributed by atoms with Crippen molar-refractivity contribution in [3.05, 3.63) is 109 Å². The average molecular weight is 1030 g/mol. The van der Waals surface area contributed by atoms with Crippen molar-refractivity contribution in [2.24, 2.45) is 0 Å². The third kappa shape index (κ3) is 51.1. The van der Waals surface area contributed by atoms with Gasteiger partial charge in [-0.1, -0.05) is 214 Å². The van der Waals surface area contributed by atoms with Crippen LogP contribution in [-0.4, -0.2) is 66.5 Å². The fraction of sp³-hybridized carbons (Fsp3) is 0.650. The summed E-state index contributed by atoms with van der Waals surface area (Å²) in [6.45, 7) is 4.28. The zero-order valence-corrected chi connectivity index (χ0v) is 46.0. The van der Waals surface area contributed by atoms with E-state index in [0.29, 0.717) is 19.3 Å². The summed E-state index contributed by atoms with van der Waals surface area (Å²) < 4.78 is 39.3. The monoisotopic (exact) mass is 1030 g/mol. The summed E-state index contributed by atoms with van der Waals surface area (Å²) in [5.41, 5.74) is 0. The fourth-order valence-corrected chi connectivity index (χ4v) is 7.83. The molecule has 3 unspecified atom stereocenters. The van der Waals surface area contributed by atoms with Crippen LogP contribution in [-0.2, 0) is 42.2 Å². The van der Waals surface area contributed by atoms with Gasteiger partial charge in [-0.3, -0.25) is 23.4 Å². The highest BCUT2D eigenvalue weighted by Gasteiger charge is 2.28. The summed E-state index contributed by atoms with van der Waals surface area (Å²) in [6.07, 6.45) is 63.6. The molecule has 0 saturated heterocycles. The molecule has 0 aromatic heterocycles. The molecule has 0 aliphatic rings. The van der Waals surface area contributed by atoms with Crippen molar-refractivity contribution in [2.75, 3.05) is 26.4 Å². The van der Waals surface area contributed by atoms with Gasteiger partial charge in [0.15, 0.2) is 6.10 Å². The largest absolute Gasteiger partial charge is 0.472 e. The number of allylic oxidation sites excluding steroid dienone is 18. The van der Waals surface area contributed by atoms with Crippen molar-refractivity contribution < 1.29 is 52.2 Å². The molecule has 0 saturated carbocycles. The SMILES string of the molecule is CC/C=C\C/C=C\C/C=C\C/C=C\C/C=C\CCCCCC(=O)OC(COC(=O)CCCCCCCCCCCCCCC)COP(=O)(O)OCC(CO)OC(=O)CC/C=C\C/C=C\C/C=C\C/C=C\CC. The van der Waals surface area contributed by atoms with E-state index in [1.54, 1.807) is 0 Å². The van der Waals surface area contributed by atoms with Gasteiger partial charge in [0, 0.05) is 19.3 Å². The molecular formula is C60H99O11P. The number of hydrogen-bond acceptors (Lipinski definition) is 10. The molecule has 410 valence electrons. The Morgan fingerprint density at radius 2 is 0.750 bits per heavy atom. The first-order chi connectivity index (χ1) is 35.2. The number of rotatable bonds is 50. The molecule has 0 amide bonds. The van der Waals surface area contributed by atoms with E-state index in [4.69, 9.17) is 23.3 Å². The summed E-state index contributed by atoms with van der Waals surface area (Å²) in [5, 5.41) is 9.78. The van der Waals surface area contributed by atoms with Crippen LogP contribution in [0.25, 0.3) is 0 Å². The number of phosphoric acid groups is 1. The van der Waals surface area contributed by atoms with E-state index in [1.807, 2.05) is 18.2 Å². The van der Waals surface area contributed by atoms with Crippen LogP contribution in [0.4, 0.5) is 0 Å². The summed E-state index contributed by atoms with van der Waals surface area (Å²) in [4.78, 5) is 48.4. The number of aliphatic hydroxyl groups is 1. The van der Waals surface area contributed by atoms with Gasteiger partial charge in [0.2, 0.25) is 0 Å². The van der Waals surface area contributed by atoms with Crippen LogP contribution in [0.1, 0.15) is 213 Å². The minimum Gasteiger partial charge on any atom is -0.462 e. The second-order valence-electron chi connectivity index (χ2n) is 18.0. The van der Waals surface area contributed by atoms with E-state index in [0.717, 1.165) is 96.3 Å². The van der Waals surface area contributed by atoms with Crippen LogP contribution >= 0.6 is 7.82 Å². The van der Waals surface area contributed by atoms with Gasteiger partial charge in [-0.2, -0.15) is 0 Å². The molecule has 0 aliphatic heterocycles. The van der Waals surface area contributed by atoms with Crippen LogP contribution < -0.4 is 0 Å². The highest BCUT2D eigenvalue weighted by Crippen LogP contribution is 2.43. The predicted molar refractivity (Wildman–Crippen MR) is 297 cm³/mol. The second-order valence-corrected chi connectivity index (χ2v) is 19.4. The minimum atomic E-state index is -4.78. The van der Waals surface area contributed by atoms with Crippen molar-refractivity contribution in [2.45, 2.75) is 226 Å². The summed E-state index contributed by atoms with van der Waals surface area (Å²) >= 11 is 0. The van der Waals surface area contributed by atoms with Gasteiger partial charge >= 0.3 is 25.7 Å². The first-order valence-electron chi connectivity index (χ1n) is 27.8. The highest BCUT2D eigenvalue weighted by molar-refractivity contribution is 7.47. The molecule has 0 aromatic rings. The molecule has 0 aromatic carbocycles. The predicted octanol–water partition coefficient (Wildman–Crippen LogP) is 16.2. The molecule has 3 atom stereocenters. The van der Waals surface area contributed by atoms with Gasteiger partial charge in [0.1, 0.15) is 12.7 Å². The standard InChI is InChI=1S/C60H99O11P/c1-4-7-10-13-16-19-22-25-26-27-28-29-30-33-36-39-42-45-48-51-60(64)71-57(53-67-58(62)49-46-43-40-37-34-31-23-20-17-14-11-8-5-2)55-69-72(65,66)68-54-56(52-61)70-59(63)50-47-44-41-38-35-32-24-21-18-15-12-9-6-3/h7,9-10,12,16,18-19,21,25-26,28-29,32-33,35-36,41,44,56-57,61H,4-6,8,11,13-15,17,20,22-24,27,30-31,34,37-40,42-43,45-55H2,1-3H3,(H,65,66)/b10-7-,12-9-,19-16-,21-18-,26-25-,29-28-,35-32-,36-33-,44-41-. The zero-order chi connectivity index (χ0) is 52.7. The fourth-order valence-electron chi connectivity index (χ4n) is 7.04. The quantitative estimate of drug-likeness (QED) is 0.0197. The topological polar surface area (TPSA) is 155 Å². The van der Waals surface area contributed by atoms with Gasteiger partial charge in [0.05, 0.1) is 19.8 Å². The van der Waals surface area contributed by atoms with Gasteiger partial charge in [0.25, 0.3) is 0 Å². The summed E-state index contributed by atoms with van der Waals surface area (Å²) in [7, 11) is -4.78. The van der Waals surface area contributed by atoms with Crippen molar-refractivity contribution in [1.29, 1.82) is 0 Å². The number of unbranched alkanes of at least 4 members (excludes halogenated alkanes) is 15. The first kappa shape index (κ1) is 68.1. The smallest absolute Gasteiger partial charge is 0.462 e. The van der Waals surface area contributed by atoms with E-state index in [-0.39, 0.29) is 25.9 Å². The van der Waals surface area contributed by atoms with E-state index in [9.17, 15) is 28.9 Å². The van der Waals surface area contributed by atoms with Crippen LogP contribution in [0.3, 0.4) is 0 Å². The first-order valence-corrected chi connectivity index (χ1v) is 29.3. The van der Waals surface area contributed by atoms with Crippen LogP contribution in [0.2, 0.25) is 0 Å². The van der Waals surface area contributed by atoms with Gasteiger partial charge in [-0.05, 0) is 89.9 Å². The van der Waals surface area contributed by atoms with Gasteiger partial charge in [-0.15, -0.1) is 0 Å². The summed E-state index contributed by atoms with van der Waals surface area (Å²) in [6, 6.07) is 0. The average Bonchev–Trinajstić information content (AvgIpc) is 3.37.